The van der Waals surface area contributed by atoms with Gasteiger partial charge in [-0.2, -0.15) is 0 Å². The Morgan fingerprint density at radius 3 is 2.53 bits per heavy atom. The molecular formula is C10H10N2O3. The van der Waals surface area contributed by atoms with Crippen molar-refractivity contribution in [3.63, 3.8) is 0 Å². The Morgan fingerprint density at radius 1 is 1.20 bits per heavy atom. The zero-order valence-electron chi connectivity index (χ0n) is 7.86. The van der Waals surface area contributed by atoms with Crippen molar-refractivity contribution in [1.29, 1.82) is 0 Å². The maximum atomic E-state index is 11.4. The summed E-state index contributed by atoms with van der Waals surface area (Å²) in [5.74, 6) is -0.325. The number of aromatic hydroxyl groups is 1. The summed E-state index contributed by atoms with van der Waals surface area (Å²) >= 11 is 0. The van der Waals surface area contributed by atoms with Gasteiger partial charge < -0.3 is 15.7 Å². The minimum absolute atomic E-state index is 0.0212. The van der Waals surface area contributed by atoms with Crippen molar-refractivity contribution in [2.75, 3.05) is 6.54 Å². The predicted molar refractivity (Wildman–Crippen MR) is 52.0 cm³/mol. The van der Waals surface area contributed by atoms with E-state index in [1.165, 1.54) is 12.1 Å². The minimum atomic E-state index is -0.660. The van der Waals surface area contributed by atoms with Crippen LogP contribution in [0.1, 0.15) is 11.6 Å². The Balaban J connectivity index is 2.25. The molecule has 1 atom stereocenters. The largest absolute Gasteiger partial charge is 0.508 e. The molecular weight excluding hydrogens is 196 g/mol. The minimum Gasteiger partial charge on any atom is -0.508 e. The summed E-state index contributed by atoms with van der Waals surface area (Å²) in [4.78, 5) is 22.5. The van der Waals surface area contributed by atoms with Crippen molar-refractivity contribution in [1.82, 2.24) is 10.6 Å². The lowest BCUT2D eigenvalue weighted by Gasteiger charge is -2.23. The van der Waals surface area contributed by atoms with Crippen LogP contribution >= 0.6 is 0 Å². The molecule has 1 aromatic carbocycles. The monoisotopic (exact) mass is 206 g/mol. The van der Waals surface area contributed by atoms with E-state index in [0.717, 1.165) is 0 Å². The normalized spacial score (nSPS) is 20.7. The van der Waals surface area contributed by atoms with Gasteiger partial charge in [-0.3, -0.25) is 9.59 Å². The van der Waals surface area contributed by atoms with Crippen LogP contribution in [0.5, 0.6) is 5.75 Å². The number of carbonyl (C=O) groups is 2. The quantitative estimate of drug-likeness (QED) is 0.589. The zero-order chi connectivity index (χ0) is 10.8. The third-order valence-corrected chi connectivity index (χ3v) is 2.22. The summed E-state index contributed by atoms with van der Waals surface area (Å²) in [5.41, 5.74) is 0.651. The van der Waals surface area contributed by atoms with Crippen molar-refractivity contribution in [3.8, 4) is 5.75 Å². The van der Waals surface area contributed by atoms with Gasteiger partial charge in [-0.15, -0.1) is 0 Å². The van der Waals surface area contributed by atoms with E-state index in [-0.39, 0.29) is 24.1 Å². The Bertz CT molecular complexity index is 400. The first-order valence-electron chi connectivity index (χ1n) is 4.53. The average Bonchev–Trinajstić information content (AvgIpc) is 2.23. The molecule has 0 radical (unpaired) electrons. The molecule has 0 aliphatic carbocycles. The van der Waals surface area contributed by atoms with E-state index in [4.69, 9.17) is 5.11 Å². The third kappa shape index (κ3) is 1.90. The highest BCUT2D eigenvalue weighted by molar-refractivity contribution is 5.95. The fourth-order valence-corrected chi connectivity index (χ4v) is 1.45. The molecule has 0 saturated carbocycles. The number of rotatable bonds is 1. The highest BCUT2D eigenvalue weighted by atomic mass is 16.3. The van der Waals surface area contributed by atoms with Gasteiger partial charge in [-0.1, -0.05) is 12.1 Å². The van der Waals surface area contributed by atoms with Gasteiger partial charge in [-0.25, -0.2) is 0 Å². The summed E-state index contributed by atoms with van der Waals surface area (Å²) in [6.07, 6.45) is 0. The van der Waals surface area contributed by atoms with E-state index < -0.39 is 6.04 Å². The summed E-state index contributed by atoms with van der Waals surface area (Å²) in [6, 6.07) is 5.50. The number of phenols is 1. The first-order valence-corrected chi connectivity index (χ1v) is 4.53. The molecule has 0 aromatic heterocycles. The molecule has 0 unspecified atom stereocenters. The molecule has 1 aliphatic heterocycles. The molecule has 0 spiro atoms. The Kier molecular flexibility index (Phi) is 2.29. The first kappa shape index (κ1) is 9.51. The van der Waals surface area contributed by atoms with Crippen molar-refractivity contribution < 1.29 is 14.7 Å². The first-order chi connectivity index (χ1) is 7.16. The number of carbonyl (C=O) groups excluding carboxylic acids is 2. The van der Waals surface area contributed by atoms with Gasteiger partial charge in [0.05, 0.1) is 6.54 Å². The molecule has 5 nitrogen and oxygen atoms in total. The molecule has 1 aromatic rings. The Hall–Kier alpha value is -2.04. The molecule has 5 heteroatoms. The molecule has 78 valence electrons. The topological polar surface area (TPSA) is 78.4 Å². The van der Waals surface area contributed by atoms with Crippen LogP contribution in [-0.2, 0) is 9.59 Å². The Morgan fingerprint density at radius 2 is 1.87 bits per heavy atom. The summed E-state index contributed by atoms with van der Waals surface area (Å²) < 4.78 is 0. The van der Waals surface area contributed by atoms with Crippen LogP contribution in [0, 0.1) is 0 Å². The lowest BCUT2D eigenvalue weighted by Crippen LogP contribution is -2.50. The van der Waals surface area contributed by atoms with E-state index in [1.807, 2.05) is 0 Å². The molecule has 15 heavy (non-hydrogen) atoms. The maximum absolute atomic E-state index is 11.4. The second kappa shape index (κ2) is 3.61. The van der Waals surface area contributed by atoms with Crippen molar-refractivity contribution in [3.05, 3.63) is 29.8 Å². The van der Waals surface area contributed by atoms with Gasteiger partial charge in [0, 0.05) is 0 Å². The SMILES string of the molecule is O=C1CNC(=O)[C@@H](c2ccc(O)cc2)N1. The molecule has 0 bridgehead atoms. The molecule has 1 aliphatic rings. The van der Waals surface area contributed by atoms with Gasteiger partial charge in [0.1, 0.15) is 11.8 Å². The maximum Gasteiger partial charge on any atom is 0.247 e. The molecule has 1 heterocycles. The van der Waals surface area contributed by atoms with E-state index in [0.29, 0.717) is 5.56 Å². The molecule has 1 fully saturated rings. The molecule has 1 saturated heterocycles. The van der Waals surface area contributed by atoms with Crippen molar-refractivity contribution in [2.24, 2.45) is 0 Å². The van der Waals surface area contributed by atoms with Crippen LogP contribution in [0.15, 0.2) is 24.3 Å². The third-order valence-electron chi connectivity index (χ3n) is 2.22. The number of hydrogen-bond donors (Lipinski definition) is 3. The fraction of sp³-hybridized carbons (Fsp3) is 0.200. The van der Waals surface area contributed by atoms with Crippen molar-refractivity contribution >= 4 is 11.8 Å². The Labute approximate surface area is 86.1 Å². The molecule has 2 amide bonds. The second-order valence-electron chi connectivity index (χ2n) is 3.31. The predicted octanol–water partition coefficient (Wildman–Crippen LogP) is -0.321. The molecule has 2 rings (SSSR count). The lowest BCUT2D eigenvalue weighted by atomic mass is 10.0. The average molecular weight is 206 g/mol. The number of nitrogens with one attached hydrogen (secondary N) is 2. The number of piperazine rings is 1. The summed E-state index contributed by atoms with van der Waals surface area (Å²) in [6.45, 7) is 0.0212. The van der Waals surface area contributed by atoms with Crippen LogP contribution in [-0.4, -0.2) is 23.5 Å². The van der Waals surface area contributed by atoms with Gasteiger partial charge in [0.2, 0.25) is 11.8 Å². The van der Waals surface area contributed by atoms with Crippen LogP contribution in [0.25, 0.3) is 0 Å². The second-order valence-corrected chi connectivity index (χ2v) is 3.31. The standard InChI is InChI=1S/C10H10N2O3/c13-7-3-1-6(2-4-7)9-10(15)11-5-8(14)12-9/h1-4,9,13H,5H2,(H,11,15)(H,12,14)/t9-/m1/s1. The van der Waals surface area contributed by atoms with Gasteiger partial charge in [-0.05, 0) is 17.7 Å². The van der Waals surface area contributed by atoms with Crippen LogP contribution in [0.2, 0.25) is 0 Å². The number of phenolic OH excluding ortho intramolecular Hbond substituents is 1. The van der Waals surface area contributed by atoms with E-state index in [2.05, 4.69) is 10.6 Å². The number of amides is 2. The van der Waals surface area contributed by atoms with Gasteiger partial charge in [0.25, 0.3) is 0 Å². The van der Waals surface area contributed by atoms with E-state index in [9.17, 15) is 9.59 Å². The highest BCUT2D eigenvalue weighted by Crippen LogP contribution is 2.18. The summed E-state index contributed by atoms with van der Waals surface area (Å²) in [7, 11) is 0. The highest BCUT2D eigenvalue weighted by Gasteiger charge is 2.26. The fourth-order valence-electron chi connectivity index (χ4n) is 1.45. The van der Waals surface area contributed by atoms with E-state index in [1.54, 1.807) is 12.1 Å². The van der Waals surface area contributed by atoms with E-state index >= 15 is 0 Å². The van der Waals surface area contributed by atoms with Gasteiger partial charge in [0.15, 0.2) is 0 Å². The molecule has 3 N–H and O–H groups in total. The zero-order valence-corrected chi connectivity index (χ0v) is 7.86. The lowest BCUT2D eigenvalue weighted by molar-refractivity contribution is -0.133. The van der Waals surface area contributed by atoms with Crippen molar-refractivity contribution in [2.45, 2.75) is 6.04 Å². The van der Waals surface area contributed by atoms with Crippen LogP contribution in [0.3, 0.4) is 0 Å². The smallest absolute Gasteiger partial charge is 0.247 e. The van der Waals surface area contributed by atoms with Gasteiger partial charge >= 0.3 is 0 Å². The summed E-state index contributed by atoms with van der Waals surface area (Å²) in [5, 5.41) is 14.1. The van der Waals surface area contributed by atoms with Crippen LogP contribution in [0.4, 0.5) is 0 Å². The number of hydrogen-bond acceptors (Lipinski definition) is 3. The van der Waals surface area contributed by atoms with Crippen LogP contribution < -0.4 is 10.6 Å². The number of benzene rings is 1.